The Morgan fingerprint density at radius 1 is 1.31 bits per heavy atom. The van der Waals surface area contributed by atoms with Crippen LogP contribution in [-0.4, -0.2) is 45.4 Å². The van der Waals surface area contributed by atoms with Gasteiger partial charge in [0.15, 0.2) is 0 Å². The second kappa shape index (κ2) is 7.49. The van der Waals surface area contributed by atoms with Crippen LogP contribution in [0, 0.1) is 0 Å². The first kappa shape index (κ1) is 18.4. The lowest BCUT2D eigenvalue weighted by Gasteiger charge is -2.32. The van der Waals surface area contributed by atoms with Crippen LogP contribution < -0.4 is 0 Å². The van der Waals surface area contributed by atoms with Gasteiger partial charge in [-0.25, -0.2) is 0 Å². The van der Waals surface area contributed by atoms with Gasteiger partial charge in [-0.2, -0.15) is 18.3 Å². The van der Waals surface area contributed by atoms with Gasteiger partial charge in [0.2, 0.25) is 0 Å². The molecule has 0 aliphatic carbocycles. The van der Waals surface area contributed by atoms with Gasteiger partial charge < -0.3 is 10.0 Å². The van der Waals surface area contributed by atoms with Gasteiger partial charge in [0.25, 0.3) is 5.91 Å². The Morgan fingerprint density at radius 3 is 2.85 bits per heavy atom. The lowest BCUT2D eigenvalue weighted by molar-refractivity contribution is -0.137. The fourth-order valence-corrected chi connectivity index (χ4v) is 3.24. The third kappa shape index (κ3) is 4.07. The minimum atomic E-state index is -4.47. The molecule has 1 saturated heterocycles. The van der Waals surface area contributed by atoms with E-state index >= 15 is 0 Å². The van der Waals surface area contributed by atoms with Crippen LogP contribution in [0.25, 0.3) is 0 Å². The van der Waals surface area contributed by atoms with E-state index in [9.17, 15) is 18.0 Å². The zero-order valence-electron chi connectivity index (χ0n) is 14.1. The Hall–Kier alpha value is -2.35. The molecule has 1 aromatic carbocycles. The van der Waals surface area contributed by atoms with E-state index in [1.54, 1.807) is 15.8 Å². The number of likely N-dealkylation sites (tertiary alicyclic amines) is 1. The Bertz CT molecular complexity index is 773. The molecule has 5 nitrogen and oxygen atoms in total. The number of hydrogen-bond acceptors (Lipinski definition) is 3. The molecule has 0 unspecified atom stereocenters. The number of alkyl halides is 3. The van der Waals surface area contributed by atoms with Gasteiger partial charge in [0.1, 0.15) is 0 Å². The van der Waals surface area contributed by atoms with Crippen LogP contribution in [0.3, 0.4) is 0 Å². The number of aromatic nitrogens is 2. The SMILES string of the molecule is O=C(c1cccc(C(F)(F)F)c1)N1CCC[C@H](c2ccn(CCO)n2)C1. The standard InChI is InChI=1S/C18H20F3N3O2/c19-18(20,21)15-5-1-3-13(11-15)17(26)23-7-2-4-14(12-23)16-6-8-24(22-16)9-10-25/h1,3,5-6,8,11,14,25H,2,4,7,9-10,12H2/t14-/m0/s1. The average molecular weight is 367 g/mol. The van der Waals surface area contributed by atoms with Crippen molar-refractivity contribution in [2.45, 2.75) is 31.5 Å². The molecule has 26 heavy (non-hydrogen) atoms. The molecule has 1 amide bonds. The maximum Gasteiger partial charge on any atom is 0.416 e. The number of carbonyl (C=O) groups is 1. The van der Waals surface area contributed by atoms with Crippen molar-refractivity contribution in [2.24, 2.45) is 0 Å². The van der Waals surface area contributed by atoms with Crippen LogP contribution in [-0.2, 0) is 12.7 Å². The second-order valence-electron chi connectivity index (χ2n) is 6.40. The average Bonchev–Trinajstić information content (AvgIpc) is 3.10. The van der Waals surface area contributed by atoms with E-state index in [0.29, 0.717) is 19.6 Å². The molecule has 0 saturated carbocycles. The molecule has 0 spiro atoms. The third-order valence-electron chi connectivity index (χ3n) is 4.55. The van der Waals surface area contributed by atoms with Gasteiger partial charge >= 0.3 is 6.18 Å². The van der Waals surface area contributed by atoms with Gasteiger partial charge in [-0.05, 0) is 37.1 Å². The van der Waals surface area contributed by atoms with Crippen LogP contribution >= 0.6 is 0 Å². The number of aliphatic hydroxyl groups is 1. The van der Waals surface area contributed by atoms with E-state index in [1.165, 1.54) is 12.1 Å². The quantitative estimate of drug-likeness (QED) is 0.904. The van der Waals surface area contributed by atoms with E-state index in [0.717, 1.165) is 30.7 Å². The largest absolute Gasteiger partial charge is 0.416 e. The first-order valence-electron chi connectivity index (χ1n) is 8.49. The number of piperidine rings is 1. The van der Waals surface area contributed by atoms with Crippen LogP contribution in [0.15, 0.2) is 36.5 Å². The van der Waals surface area contributed by atoms with E-state index < -0.39 is 17.6 Å². The number of carbonyl (C=O) groups excluding carboxylic acids is 1. The molecule has 0 radical (unpaired) electrons. The molecule has 8 heteroatoms. The molecule has 1 aliphatic rings. The molecule has 3 rings (SSSR count). The topological polar surface area (TPSA) is 58.4 Å². The van der Waals surface area contributed by atoms with Crippen molar-refractivity contribution in [1.29, 1.82) is 0 Å². The molecule has 2 aromatic rings. The van der Waals surface area contributed by atoms with Crippen LogP contribution in [0.5, 0.6) is 0 Å². The first-order chi connectivity index (χ1) is 12.4. The highest BCUT2D eigenvalue weighted by Gasteiger charge is 2.32. The molecular formula is C18H20F3N3O2. The maximum atomic E-state index is 12.9. The zero-order chi connectivity index (χ0) is 18.7. The van der Waals surface area contributed by atoms with Crippen molar-refractivity contribution in [1.82, 2.24) is 14.7 Å². The van der Waals surface area contributed by atoms with E-state index in [4.69, 9.17) is 5.11 Å². The van der Waals surface area contributed by atoms with Crippen molar-refractivity contribution < 1.29 is 23.1 Å². The smallest absolute Gasteiger partial charge is 0.394 e. The van der Waals surface area contributed by atoms with E-state index in [1.807, 2.05) is 6.07 Å². The van der Waals surface area contributed by atoms with Crippen molar-refractivity contribution in [3.63, 3.8) is 0 Å². The molecule has 1 atom stereocenters. The number of hydrogen-bond donors (Lipinski definition) is 1. The fourth-order valence-electron chi connectivity index (χ4n) is 3.24. The van der Waals surface area contributed by atoms with E-state index in [-0.39, 0.29) is 18.1 Å². The Kier molecular flexibility index (Phi) is 5.31. The van der Waals surface area contributed by atoms with Gasteiger partial charge in [-0.3, -0.25) is 9.48 Å². The zero-order valence-corrected chi connectivity index (χ0v) is 14.1. The summed E-state index contributed by atoms with van der Waals surface area (Å²) in [5.74, 6) is -0.353. The van der Waals surface area contributed by atoms with Gasteiger partial charge in [-0.15, -0.1) is 0 Å². The minimum Gasteiger partial charge on any atom is -0.394 e. The highest BCUT2D eigenvalue weighted by molar-refractivity contribution is 5.94. The number of nitrogens with zero attached hydrogens (tertiary/aromatic N) is 3. The lowest BCUT2D eigenvalue weighted by Crippen LogP contribution is -2.39. The van der Waals surface area contributed by atoms with Crippen molar-refractivity contribution >= 4 is 5.91 Å². The number of aliphatic hydroxyl groups excluding tert-OH is 1. The number of benzene rings is 1. The Morgan fingerprint density at radius 2 is 2.12 bits per heavy atom. The molecule has 1 N–H and O–H groups in total. The Balaban J connectivity index is 1.73. The van der Waals surface area contributed by atoms with Crippen molar-refractivity contribution in [2.75, 3.05) is 19.7 Å². The third-order valence-corrected chi connectivity index (χ3v) is 4.55. The summed E-state index contributed by atoms with van der Waals surface area (Å²) < 4.78 is 40.2. The summed E-state index contributed by atoms with van der Waals surface area (Å²) in [5, 5.41) is 13.4. The van der Waals surface area contributed by atoms with E-state index in [2.05, 4.69) is 5.10 Å². The van der Waals surface area contributed by atoms with Crippen LogP contribution in [0.1, 0.15) is 40.4 Å². The second-order valence-corrected chi connectivity index (χ2v) is 6.40. The number of halogens is 3. The van der Waals surface area contributed by atoms with Gasteiger partial charge in [0.05, 0.1) is 24.4 Å². The molecular weight excluding hydrogens is 347 g/mol. The molecule has 1 fully saturated rings. The summed E-state index contributed by atoms with van der Waals surface area (Å²) >= 11 is 0. The molecule has 140 valence electrons. The predicted molar refractivity (Wildman–Crippen MR) is 88.6 cm³/mol. The summed E-state index contributed by atoms with van der Waals surface area (Å²) in [7, 11) is 0. The summed E-state index contributed by atoms with van der Waals surface area (Å²) in [6.45, 7) is 1.33. The predicted octanol–water partition coefficient (Wildman–Crippen LogP) is 2.91. The molecule has 2 heterocycles. The summed E-state index contributed by atoms with van der Waals surface area (Å²) in [6.07, 6.45) is -1.07. The monoisotopic (exact) mass is 367 g/mol. The minimum absolute atomic E-state index is 0.00799. The Labute approximate surface area is 149 Å². The summed E-state index contributed by atoms with van der Waals surface area (Å²) in [5.41, 5.74) is 0.0610. The fraction of sp³-hybridized carbons (Fsp3) is 0.444. The lowest BCUT2D eigenvalue weighted by atomic mass is 9.94. The van der Waals surface area contributed by atoms with Crippen molar-refractivity contribution in [3.05, 3.63) is 53.3 Å². The van der Waals surface area contributed by atoms with Crippen molar-refractivity contribution in [3.8, 4) is 0 Å². The highest BCUT2D eigenvalue weighted by atomic mass is 19.4. The highest BCUT2D eigenvalue weighted by Crippen LogP contribution is 2.31. The molecule has 1 aliphatic heterocycles. The first-order valence-corrected chi connectivity index (χ1v) is 8.49. The maximum absolute atomic E-state index is 12.9. The normalized spacial score (nSPS) is 18.2. The van der Waals surface area contributed by atoms with Gasteiger partial charge in [-0.1, -0.05) is 6.07 Å². The summed E-state index contributed by atoms with van der Waals surface area (Å²) in [4.78, 5) is 14.3. The van der Waals surface area contributed by atoms with Crippen LogP contribution in [0.2, 0.25) is 0 Å². The molecule has 0 bridgehead atoms. The molecule has 1 aromatic heterocycles. The summed E-state index contributed by atoms with van der Waals surface area (Å²) in [6, 6.07) is 6.40. The van der Waals surface area contributed by atoms with Gasteiger partial charge in [0, 0.05) is 30.8 Å². The number of amides is 1. The number of rotatable bonds is 4. The van der Waals surface area contributed by atoms with Crippen LogP contribution in [0.4, 0.5) is 13.2 Å².